The number of halogens is 5. The normalized spacial score (nSPS) is 14.2. The third-order valence-electron chi connectivity index (χ3n) is 2.52. The van der Waals surface area contributed by atoms with Crippen LogP contribution in [0.25, 0.3) is 6.08 Å². The van der Waals surface area contributed by atoms with Gasteiger partial charge in [0.25, 0.3) is 6.10 Å². The van der Waals surface area contributed by atoms with Gasteiger partial charge in [-0.05, 0) is 17.7 Å². The molecule has 5 nitrogen and oxygen atoms in total. The second-order valence-corrected chi connectivity index (χ2v) is 5.63. The van der Waals surface area contributed by atoms with Gasteiger partial charge in [0, 0.05) is 0 Å². The molecule has 1 atom stereocenters. The average Bonchev–Trinajstić information content (AvgIpc) is 2.41. The number of carbonyl (C=O) groups excluding carboxylic acids is 1. The Labute approximate surface area is 127 Å². The third kappa shape index (κ3) is 4.26. The maximum atomic E-state index is 13.2. The van der Waals surface area contributed by atoms with E-state index in [4.69, 9.17) is 0 Å². The lowest BCUT2D eigenvalue weighted by Gasteiger charge is -2.29. The van der Waals surface area contributed by atoms with Crippen LogP contribution in [0.5, 0.6) is 0 Å². The lowest BCUT2D eigenvalue weighted by atomic mass is 10.1. The Morgan fingerprint density at radius 1 is 1.26 bits per heavy atom. The molecule has 0 aromatic heterocycles. The molecule has 11 heteroatoms. The van der Waals surface area contributed by atoms with Crippen LogP contribution < -0.4 is 0 Å². The van der Waals surface area contributed by atoms with E-state index in [0.29, 0.717) is 0 Å². The average molecular weight is 359 g/mol. The zero-order chi connectivity index (χ0) is 18.1. The smallest absolute Gasteiger partial charge is 0.432 e. The molecule has 0 amide bonds. The van der Waals surface area contributed by atoms with Crippen molar-refractivity contribution in [3.8, 4) is 0 Å². The van der Waals surface area contributed by atoms with Gasteiger partial charge in [-0.15, -0.1) is 0 Å². The standard InChI is InChI=1S/C12H9F5O5S/c1-2-7-4-3-5-8(6-7)9(18)22-10(11(13,14)15)12(16,17)23(19,20)21/h2-6,10H,1H2,(H,19,20,21)/p-1. The largest absolute Gasteiger partial charge is 0.743 e. The Morgan fingerprint density at radius 3 is 2.26 bits per heavy atom. The molecule has 0 aliphatic carbocycles. The van der Waals surface area contributed by atoms with E-state index in [1.54, 1.807) is 0 Å². The van der Waals surface area contributed by atoms with Gasteiger partial charge >= 0.3 is 17.4 Å². The van der Waals surface area contributed by atoms with Gasteiger partial charge in [0.15, 0.2) is 10.1 Å². The molecule has 0 saturated heterocycles. The summed E-state index contributed by atoms with van der Waals surface area (Å²) in [4.78, 5) is 11.6. The Morgan fingerprint density at radius 2 is 1.83 bits per heavy atom. The summed E-state index contributed by atoms with van der Waals surface area (Å²) in [5, 5.41) is -5.88. The summed E-state index contributed by atoms with van der Waals surface area (Å²) in [5.41, 5.74) is -0.290. The maximum absolute atomic E-state index is 13.2. The molecular formula is C12H8F5O5S-. The van der Waals surface area contributed by atoms with E-state index in [1.807, 2.05) is 0 Å². The number of hydrogen-bond donors (Lipinski definition) is 0. The number of rotatable bonds is 5. The van der Waals surface area contributed by atoms with Crippen molar-refractivity contribution < 1.29 is 44.5 Å². The van der Waals surface area contributed by atoms with E-state index in [9.17, 15) is 39.7 Å². The molecular weight excluding hydrogens is 351 g/mol. The van der Waals surface area contributed by atoms with Gasteiger partial charge in [0.2, 0.25) is 0 Å². The molecule has 0 fully saturated rings. The summed E-state index contributed by atoms with van der Waals surface area (Å²) in [6.45, 7) is 3.33. The van der Waals surface area contributed by atoms with Gasteiger partial charge in [-0.3, -0.25) is 0 Å². The van der Waals surface area contributed by atoms with Gasteiger partial charge in [-0.1, -0.05) is 24.8 Å². The van der Waals surface area contributed by atoms with Crippen molar-refractivity contribution in [1.29, 1.82) is 0 Å². The molecule has 23 heavy (non-hydrogen) atoms. The number of alkyl halides is 5. The number of ether oxygens (including phenoxy) is 1. The highest BCUT2D eigenvalue weighted by atomic mass is 32.2. The van der Waals surface area contributed by atoms with Crippen LogP contribution in [0.3, 0.4) is 0 Å². The molecule has 1 aromatic rings. The Balaban J connectivity index is 3.22. The van der Waals surface area contributed by atoms with Gasteiger partial charge in [0.05, 0.1) is 5.56 Å². The maximum Gasteiger partial charge on any atom is 0.432 e. The molecule has 0 saturated carbocycles. The highest BCUT2D eigenvalue weighted by molar-refractivity contribution is 7.86. The van der Waals surface area contributed by atoms with Crippen molar-refractivity contribution in [2.24, 2.45) is 0 Å². The van der Waals surface area contributed by atoms with Gasteiger partial charge in [-0.2, -0.15) is 22.0 Å². The van der Waals surface area contributed by atoms with Crippen molar-refractivity contribution >= 4 is 22.2 Å². The minimum Gasteiger partial charge on any atom is -0.743 e. The summed E-state index contributed by atoms with van der Waals surface area (Å²) in [6, 6.07) is 4.54. The van der Waals surface area contributed by atoms with E-state index in [1.165, 1.54) is 18.2 Å². The van der Waals surface area contributed by atoms with Crippen LogP contribution in [-0.2, 0) is 14.9 Å². The fraction of sp³-hybridized carbons (Fsp3) is 0.250. The van der Waals surface area contributed by atoms with Gasteiger partial charge in [-0.25, -0.2) is 13.2 Å². The zero-order valence-corrected chi connectivity index (χ0v) is 11.8. The Hall–Kier alpha value is -2.01. The third-order valence-corrected chi connectivity index (χ3v) is 3.40. The topological polar surface area (TPSA) is 83.5 Å². The molecule has 1 aromatic carbocycles. The summed E-state index contributed by atoms with van der Waals surface area (Å²) >= 11 is 0. The molecule has 0 bridgehead atoms. The number of benzene rings is 1. The SMILES string of the molecule is C=Cc1cccc(C(=O)OC(C(F)(F)F)C(F)(F)S(=O)(=O)[O-])c1. The summed E-state index contributed by atoms with van der Waals surface area (Å²) in [7, 11) is -6.72. The van der Waals surface area contributed by atoms with E-state index < -0.39 is 39.2 Å². The highest BCUT2D eigenvalue weighted by Crippen LogP contribution is 2.38. The first-order chi connectivity index (χ1) is 10.3. The second-order valence-electron chi connectivity index (χ2n) is 4.17. The fourth-order valence-electron chi connectivity index (χ4n) is 1.42. The van der Waals surface area contributed by atoms with Crippen LogP contribution in [0.15, 0.2) is 30.8 Å². The predicted octanol–water partition coefficient (Wildman–Crippen LogP) is 2.56. The van der Waals surface area contributed by atoms with E-state index in [2.05, 4.69) is 11.3 Å². The first-order valence-corrected chi connectivity index (χ1v) is 7.05. The molecule has 0 aliphatic rings. The minimum absolute atomic E-state index is 0.270. The first kappa shape index (κ1) is 19.0. The fourth-order valence-corrected chi connectivity index (χ4v) is 1.87. The number of carbonyl (C=O) groups is 1. The second kappa shape index (κ2) is 6.24. The van der Waals surface area contributed by atoms with Gasteiger partial charge in [0.1, 0.15) is 0 Å². The van der Waals surface area contributed by atoms with Crippen LogP contribution in [-0.4, -0.2) is 36.5 Å². The zero-order valence-electron chi connectivity index (χ0n) is 11.0. The predicted molar refractivity (Wildman–Crippen MR) is 66.4 cm³/mol. The molecule has 128 valence electrons. The lowest BCUT2D eigenvalue weighted by molar-refractivity contribution is -0.248. The molecule has 1 rings (SSSR count). The van der Waals surface area contributed by atoms with Crippen molar-refractivity contribution in [1.82, 2.24) is 0 Å². The van der Waals surface area contributed by atoms with E-state index in [-0.39, 0.29) is 5.56 Å². The quantitative estimate of drug-likeness (QED) is 0.458. The van der Waals surface area contributed by atoms with E-state index >= 15 is 0 Å². The van der Waals surface area contributed by atoms with Gasteiger partial charge < -0.3 is 9.29 Å². The first-order valence-electron chi connectivity index (χ1n) is 5.64. The molecule has 0 heterocycles. The van der Waals surface area contributed by atoms with Crippen molar-refractivity contribution in [2.75, 3.05) is 0 Å². The number of esters is 1. The van der Waals surface area contributed by atoms with Crippen molar-refractivity contribution in [3.63, 3.8) is 0 Å². The minimum atomic E-state index is -6.72. The van der Waals surface area contributed by atoms with Crippen LogP contribution in [0.4, 0.5) is 22.0 Å². The Bertz CT molecular complexity index is 711. The van der Waals surface area contributed by atoms with Crippen LogP contribution in [0, 0.1) is 0 Å². The van der Waals surface area contributed by atoms with Crippen LogP contribution in [0.2, 0.25) is 0 Å². The summed E-state index contributed by atoms with van der Waals surface area (Å²) < 4.78 is 98.8. The van der Waals surface area contributed by atoms with Crippen LogP contribution in [0.1, 0.15) is 15.9 Å². The Kier molecular flexibility index (Phi) is 5.16. The van der Waals surface area contributed by atoms with E-state index in [0.717, 1.165) is 12.1 Å². The van der Waals surface area contributed by atoms with Crippen LogP contribution >= 0.6 is 0 Å². The molecule has 0 N–H and O–H groups in total. The molecule has 1 unspecified atom stereocenters. The molecule has 0 aliphatic heterocycles. The summed E-state index contributed by atoms with van der Waals surface area (Å²) in [6.07, 6.45) is -9.20. The summed E-state index contributed by atoms with van der Waals surface area (Å²) in [5.74, 6) is -1.88. The highest BCUT2D eigenvalue weighted by Gasteiger charge is 2.62. The lowest BCUT2D eigenvalue weighted by Crippen LogP contribution is -2.52. The molecule has 0 spiro atoms. The van der Waals surface area contributed by atoms with Crippen molar-refractivity contribution in [3.05, 3.63) is 42.0 Å². The molecule has 0 radical (unpaired) electrons. The van der Waals surface area contributed by atoms with Crippen molar-refractivity contribution in [2.45, 2.75) is 17.5 Å². The monoisotopic (exact) mass is 359 g/mol. The number of hydrogen-bond acceptors (Lipinski definition) is 5.